The molecule has 8 heteroatoms. The van der Waals surface area contributed by atoms with Crippen molar-refractivity contribution in [2.75, 3.05) is 5.32 Å². The number of anilines is 1. The first-order chi connectivity index (χ1) is 13.4. The molecule has 3 aromatic heterocycles. The van der Waals surface area contributed by atoms with Crippen LogP contribution in [0.5, 0.6) is 0 Å². The van der Waals surface area contributed by atoms with Crippen LogP contribution in [0.1, 0.15) is 48.4 Å². The molecule has 3 rings (SSSR count). The van der Waals surface area contributed by atoms with Gasteiger partial charge in [0.1, 0.15) is 0 Å². The minimum Gasteiger partial charge on any atom is -0.352 e. The van der Waals surface area contributed by atoms with Gasteiger partial charge in [-0.2, -0.15) is 0 Å². The van der Waals surface area contributed by atoms with Crippen molar-refractivity contribution in [3.05, 3.63) is 59.9 Å². The van der Waals surface area contributed by atoms with Gasteiger partial charge in [0.25, 0.3) is 5.91 Å². The first-order valence-corrected chi connectivity index (χ1v) is 9.07. The summed E-state index contributed by atoms with van der Waals surface area (Å²) in [6, 6.07) is 3.68. The van der Waals surface area contributed by atoms with Gasteiger partial charge in [-0.3, -0.25) is 9.78 Å². The molecule has 3 aromatic rings. The molecule has 2 N–H and O–H groups in total. The molecule has 28 heavy (non-hydrogen) atoms. The topological polar surface area (TPSA) is 106 Å². The Morgan fingerprint density at radius 3 is 2.29 bits per heavy atom. The SMILES string of the molecule is Cc1nc(-c2ccncc2)ncc1[C@@H](C)NC(=O)c1cnc(NC(C)C)nc1. The van der Waals surface area contributed by atoms with E-state index < -0.39 is 0 Å². The molecule has 0 radical (unpaired) electrons. The number of aryl methyl sites for hydroxylation is 1. The zero-order valence-electron chi connectivity index (χ0n) is 16.3. The summed E-state index contributed by atoms with van der Waals surface area (Å²) in [5.41, 5.74) is 2.95. The third-order valence-corrected chi connectivity index (χ3v) is 4.10. The van der Waals surface area contributed by atoms with Gasteiger partial charge in [0.05, 0.1) is 11.6 Å². The quantitative estimate of drug-likeness (QED) is 0.680. The Kier molecular flexibility index (Phi) is 5.88. The number of rotatable bonds is 6. The fourth-order valence-corrected chi connectivity index (χ4v) is 2.68. The van der Waals surface area contributed by atoms with Crippen molar-refractivity contribution in [3.63, 3.8) is 0 Å². The van der Waals surface area contributed by atoms with E-state index in [0.29, 0.717) is 17.3 Å². The molecule has 0 fully saturated rings. The monoisotopic (exact) mass is 377 g/mol. The highest BCUT2D eigenvalue weighted by molar-refractivity contribution is 5.93. The average Bonchev–Trinajstić information content (AvgIpc) is 2.68. The lowest BCUT2D eigenvalue weighted by atomic mass is 10.1. The number of hydrogen-bond donors (Lipinski definition) is 2. The smallest absolute Gasteiger partial charge is 0.254 e. The van der Waals surface area contributed by atoms with Crippen molar-refractivity contribution in [2.45, 2.75) is 39.8 Å². The van der Waals surface area contributed by atoms with E-state index in [1.165, 1.54) is 12.4 Å². The summed E-state index contributed by atoms with van der Waals surface area (Å²) in [5, 5.41) is 6.03. The first-order valence-electron chi connectivity index (χ1n) is 9.07. The third kappa shape index (κ3) is 4.64. The van der Waals surface area contributed by atoms with E-state index in [0.717, 1.165) is 16.8 Å². The molecule has 0 spiro atoms. The van der Waals surface area contributed by atoms with Gasteiger partial charge in [-0.1, -0.05) is 0 Å². The largest absolute Gasteiger partial charge is 0.352 e. The van der Waals surface area contributed by atoms with Crippen molar-refractivity contribution in [3.8, 4) is 11.4 Å². The maximum absolute atomic E-state index is 12.5. The van der Waals surface area contributed by atoms with Gasteiger partial charge in [-0.25, -0.2) is 19.9 Å². The third-order valence-electron chi connectivity index (χ3n) is 4.10. The van der Waals surface area contributed by atoms with Gasteiger partial charge in [-0.05, 0) is 39.8 Å². The molecule has 1 atom stereocenters. The molecular formula is C20H23N7O. The van der Waals surface area contributed by atoms with Crippen molar-refractivity contribution >= 4 is 11.9 Å². The second kappa shape index (κ2) is 8.51. The number of nitrogens with one attached hydrogen (secondary N) is 2. The average molecular weight is 377 g/mol. The Labute approximate surface area is 163 Å². The Bertz CT molecular complexity index is 943. The van der Waals surface area contributed by atoms with Crippen LogP contribution in [0, 0.1) is 6.92 Å². The summed E-state index contributed by atoms with van der Waals surface area (Å²) in [4.78, 5) is 33.8. The van der Waals surface area contributed by atoms with Gasteiger partial charge in [0.15, 0.2) is 5.82 Å². The molecule has 8 nitrogen and oxygen atoms in total. The van der Waals surface area contributed by atoms with Crippen molar-refractivity contribution < 1.29 is 4.79 Å². The van der Waals surface area contributed by atoms with E-state index in [9.17, 15) is 4.79 Å². The number of carbonyl (C=O) groups is 1. The maximum Gasteiger partial charge on any atom is 0.254 e. The molecule has 0 aromatic carbocycles. The van der Waals surface area contributed by atoms with Gasteiger partial charge in [-0.15, -0.1) is 0 Å². The van der Waals surface area contributed by atoms with E-state index in [1.807, 2.05) is 39.8 Å². The van der Waals surface area contributed by atoms with Gasteiger partial charge < -0.3 is 10.6 Å². The normalized spacial score (nSPS) is 11.9. The summed E-state index contributed by atoms with van der Waals surface area (Å²) >= 11 is 0. The minimum atomic E-state index is -0.257. The molecule has 0 unspecified atom stereocenters. The second-order valence-corrected chi connectivity index (χ2v) is 6.76. The number of aromatic nitrogens is 5. The summed E-state index contributed by atoms with van der Waals surface area (Å²) in [5.74, 6) is 0.876. The molecule has 144 valence electrons. The Balaban J connectivity index is 1.70. The number of carbonyl (C=O) groups excluding carboxylic acids is 1. The van der Waals surface area contributed by atoms with Crippen LogP contribution in [-0.2, 0) is 0 Å². The number of amides is 1. The highest BCUT2D eigenvalue weighted by Gasteiger charge is 2.16. The van der Waals surface area contributed by atoms with Crippen molar-refractivity contribution in [2.24, 2.45) is 0 Å². The molecule has 3 heterocycles. The predicted octanol–water partition coefficient (Wildman–Crippen LogP) is 2.95. The second-order valence-electron chi connectivity index (χ2n) is 6.76. The van der Waals surface area contributed by atoms with E-state index in [1.54, 1.807) is 18.6 Å². The van der Waals surface area contributed by atoms with E-state index in [-0.39, 0.29) is 18.0 Å². The summed E-state index contributed by atoms with van der Waals surface area (Å²) in [6.07, 6.45) is 8.17. The van der Waals surface area contributed by atoms with Crippen LogP contribution in [-0.4, -0.2) is 36.9 Å². The Hall–Kier alpha value is -3.42. The summed E-state index contributed by atoms with van der Waals surface area (Å²) in [7, 11) is 0. The van der Waals surface area contributed by atoms with Gasteiger partial charge >= 0.3 is 0 Å². The van der Waals surface area contributed by atoms with E-state index >= 15 is 0 Å². The van der Waals surface area contributed by atoms with Gasteiger partial charge in [0.2, 0.25) is 5.95 Å². The predicted molar refractivity (Wildman–Crippen MR) is 107 cm³/mol. The van der Waals surface area contributed by atoms with Crippen LogP contribution in [0.3, 0.4) is 0 Å². The number of pyridine rings is 1. The molecule has 0 bridgehead atoms. The highest BCUT2D eigenvalue weighted by atomic mass is 16.1. The molecule has 0 aliphatic carbocycles. The standard InChI is InChI=1S/C20H23N7O/c1-12(2)25-20-23-9-16(10-24-20)19(28)27-14(4)17-11-22-18(26-13(17)3)15-5-7-21-8-6-15/h5-12,14H,1-4H3,(H,27,28)(H,23,24,25)/t14-/m1/s1. The zero-order valence-corrected chi connectivity index (χ0v) is 16.3. The molecule has 0 aliphatic rings. The lowest BCUT2D eigenvalue weighted by Gasteiger charge is -2.16. The van der Waals surface area contributed by atoms with Crippen LogP contribution in [0.4, 0.5) is 5.95 Å². The molecule has 0 saturated heterocycles. The highest BCUT2D eigenvalue weighted by Crippen LogP contribution is 2.19. The Morgan fingerprint density at radius 2 is 1.68 bits per heavy atom. The lowest BCUT2D eigenvalue weighted by Crippen LogP contribution is -2.28. The van der Waals surface area contributed by atoms with Gasteiger partial charge in [0, 0.05) is 53.8 Å². The van der Waals surface area contributed by atoms with E-state index in [4.69, 9.17) is 0 Å². The fraction of sp³-hybridized carbons (Fsp3) is 0.300. The van der Waals surface area contributed by atoms with Crippen LogP contribution in [0.25, 0.3) is 11.4 Å². The zero-order chi connectivity index (χ0) is 20.1. The first kappa shape index (κ1) is 19.3. The molecule has 0 aliphatic heterocycles. The summed E-state index contributed by atoms with van der Waals surface area (Å²) < 4.78 is 0. The van der Waals surface area contributed by atoms with Crippen LogP contribution in [0.15, 0.2) is 43.1 Å². The fourth-order valence-electron chi connectivity index (χ4n) is 2.68. The van der Waals surface area contributed by atoms with Crippen LogP contribution in [0.2, 0.25) is 0 Å². The molecule has 1 amide bonds. The van der Waals surface area contributed by atoms with E-state index in [2.05, 4.69) is 35.6 Å². The number of hydrogen-bond acceptors (Lipinski definition) is 7. The van der Waals surface area contributed by atoms with Crippen LogP contribution < -0.4 is 10.6 Å². The molecular weight excluding hydrogens is 354 g/mol. The van der Waals surface area contributed by atoms with Crippen molar-refractivity contribution in [1.29, 1.82) is 0 Å². The maximum atomic E-state index is 12.5. The number of nitrogens with zero attached hydrogens (tertiary/aromatic N) is 5. The summed E-state index contributed by atoms with van der Waals surface area (Å²) in [6.45, 7) is 7.79. The van der Waals surface area contributed by atoms with Crippen LogP contribution >= 0.6 is 0 Å². The minimum absolute atomic E-state index is 0.220. The lowest BCUT2D eigenvalue weighted by molar-refractivity contribution is 0.0939. The van der Waals surface area contributed by atoms with Crippen molar-refractivity contribution in [1.82, 2.24) is 30.2 Å². The molecule has 0 saturated carbocycles. The Morgan fingerprint density at radius 1 is 1.00 bits per heavy atom.